The molecule has 6 nitrogen and oxygen atoms in total. The van der Waals surface area contributed by atoms with E-state index in [2.05, 4.69) is 15.3 Å². The molecule has 0 aliphatic carbocycles. The highest BCUT2D eigenvalue weighted by atomic mass is 16.5. The van der Waals surface area contributed by atoms with Crippen molar-refractivity contribution in [3.8, 4) is 22.8 Å². The number of nitrogens with zero attached hydrogens (tertiary/aromatic N) is 1. The normalized spacial score (nSPS) is 10.2. The van der Waals surface area contributed by atoms with Gasteiger partial charge in [0.25, 0.3) is 5.56 Å². The van der Waals surface area contributed by atoms with Crippen LogP contribution in [0.5, 0.6) is 11.5 Å². The number of rotatable bonds is 5. The first-order valence-electron chi connectivity index (χ1n) is 7.35. The van der Waals surface area contributed by atoms with E-state index >= 15 is 0 Å². The van der Waals surface area contributed by atoms with Gasteiger partial charge < -0.3 is 14.8 Å². The van der Waals surface area contributed by atoms with Crippen LogP contribution >= 0.6 is 0 Å². The van der Waals surface area contributed by atoms with E-state index < -0.39 is 0 Å². The maximum atomic E-state index is 12.0. The molecule has 24 heavy (non-hydrogen) atoms. The molecule has 1 aromatic heterocycles. The van der Waals surface area contributed by atoms with Gasteiger partial charge in [0.2, 0.25) is 5.95 Å². The van der Waals surface area contributed by atoms with Crippen LogP contribution in [0.4, 0.5) is 11.6 Å². The SMILES string of the molecule is COc1ccc(OC)c(Nc2nc(-c3ccccc3)cc(=O)[nH]2)c1. The molecule has 6 heteroatoms. The fourth-order valence-corrected chi connectivity index (χ4v) is 2.31. The fraction of sp³-hybridized carbons (Fsp3) is 0.111. The Morgan fingerprint density at radius 3 is 2.50 bits per heavy atom. The van der Waals surface area contributed by atoms with E-state index in [4.69, 9.17) is 9.47 Å². The predicted molar refractivity (Wildman–Crippen MR) is 93.1 cm³/mol. The minimum absolute atomic E-state index is 0.242. The number of aromatic nitrogens is 2. The van der Waals surface area contributed by atoms with Gasteiger partial charge in [0, 0.05) is 17.7 Å². The van der Waals surface area contributed by atoms with Crippen molar-refractivity contribution >= 4 is 11.6 Å². The lowest BCUT2D eigenvalue weighted by Gasteiger charge is -2.12. The fourth-order valence-electron chi connectivity index (χ4n) is 2.31. The van der Waals surface area contributed by atoms with Crippen molar-refractivity contribution < 1.29 is 9.47 Å². The second-order valence-electron chi connectivity index (χ2n) is 5.04. The van der Waals surface area contributed by atoms with Gasteiger partial charge in [-0.05, 0) is 12.1 Å². The third-order valence-electron chi connectivity index (χ3n) is 3.47. The summed E-state index contributed by atoms with van der Waals surface area (Å²) in [5.74, 6) is 1.61. The van der Waals surface area contributed by atoms with Crippen LogP contribution in [-0.2, 0) is 0 Å². The maximum absolute atomic E-state index is 12.0. The summed E-state index contributed by atoms with van der Waals surface area (Å²) in [5, 5.41) is 3.08. The van der Waals surface area contributed by atoms with Crippen molar-refractivity contribution in [3.63, 3.8) is 0 Å². The zero-order valence-electron chi connectivity index (χ0n) is 13.4. The molecule has 0 unspecified atom stereocenters. The van der Waals surface area contributed by atoms with Gasteiger partial charge in [-0.2, -0.15) is 0 Å². The second kappa shape index (κ2) is 6.87. The summed E-state index contributed by atoms with van der Waals surface area (Å²) < 4.78 is 10.5. The molecule has 122 valence electrons. The minimum Gasteiger partial charge on any atom is -0.497 e. The van der Waals surface area contributed by atoms with E-state index in [-0.39, 0.29) is 5.56 Å². The zero-order valence-corrected chi connectivity index (χ0v) is 13.4. The molecule has 0 spiro atoms. The molecule has 1 heterocycles. The highest BCUT2D eigenvalue weighted by molar-refractivity contribution is 5.66. The van der Waals surface area contributed by atoms with Crippen molar-refractivity contribution in [2.45, 2.75) is 0 Å². The maximum Gasteiger partial charge on any atom is 0.252 e. The van der Waals surface area contributed by atoms with Gasteiger partial charge in [0.15, 0.2) is 0 Å². The summed E-state index contributed by atoms with van der Waals surface area (Å²) in [6.07, 6.45) is 0. The molecule has 0 aliphatic rings. The summed E-state index contributed by atoms with van der Waals surface area (Å²) in [7, 11) is 3.16. The average molecular weight is 323 g/mol. The van der Waals surface area contributed by atoms with Crippen LogP contribution in [0.15, 0.2) is 59.4 Å². The lowest BCUT2D eigenvalue weighted by atomic mass is 10.1. The summed E-state index contributed by atoms with van der Waals surface area (Å²) in [6, 6.07) is 16.3. The molecule has 0 atom stereocenters. The smallest absolute Gasteiger partial charge is 0.252 e. The lowest BCUT2D eigenvalue weighted by Crippen LogP contribution is -2.11. The number of nitrogens with one attached hydrogen (secondary N) is 2. The van der Waals surface area contributed by atoms with Crippen LogP contribution in [0.25, 0.3) is 11.3 Å². The van der Waals surface area contributed by atoms with Gasteiger partial charge in [-0.25, -0.2) is 4.98 Å². The summed E-state index contributed by atoms with van der Waals surface area (Å²) in [5.41, 5.74) is 1.85. The average Bonchev–Trinajstić information content (AvgIpc) is 2.62. The highest BCUT2D eigenvalue weighted by Gasteiger charge is 2.09. The zero-order chi connectivity index (χ0) is 16.9. The topological polar surface area (TPSA) is 76.2 Å². The van der Waals surface area contributed by atoms with Crippen molar-refractivity contribution in [1.29, 1.82) is 0 Å². The highest BCUT2D eigenvalue weighted by Crippen LogP contribution is 2.30. The molecule has 0 bridgehead atoms. The van der Waals surface area contributed by atoms with Crippen LogP contribution in [0.3, 0.4) is 0 Å². The van der Waals surface area contributed by atoms with E-state index in [0.29, 0.717) is 28.8 Å². The van der Waals surface area contributed by atoms with Crippen molar-refractivity contribution in [2.75, 3.05) is 19.5 Å². The molecule has 0 aliphatic heterocycles. The third kappa shape index (κ3) is 3.38. The molecular weight excluding hydrogens is 306 g/mol. The Kier molecular flexibility index (Phi) is 4.47. The van der Waals surface area contributed by atoms with Crippen LogP contribution in [-0.4, -0.2) is 24.2 Å². The Morgan fingerprint density at radius 1 is 1.00 bits per heavy atom. The van der Waals surface area contributed by atoms with E-state index in [1.807, 2.05) is 30.3 Å². The Balaban J connectivity index is 1.99. The molecular formula is C18H17N3O3. The molecule has 0 radical (unpaired) electrons. The monoisotopic (exact) mass is 323 g/mol. The van der Waals surface area contributed by atoms with Crippen LogP contribution < -0.4 is 20.3 Å². The first kappa shape index (κ1) is 15.6. The van der Waals surface area contributed by atoms with Crippen molar-refractivity contribution in [3.05, 3.63) is 65.0 Å². The van der Waals surface area contributed by atoms with E-state index in [9.17, 15) is 4.79 Å². The van der Waals surface area contributed by atoms with Gasteiger partial charge in [0.05, 0.1) is 25.6 Å². The number of hydrogen-bond donors (Lipinski definition) is 2. The third-order valence-corrected chi connectivity index (χ3v) is 3.47. The quantitative estimate of drug-likeness (QED) is 0.754. The predicted octanol–water partition coefficient (Wildman–Crippen LogP) is 3.20. The van der Waals surface area contributed by atoms with E-state index in [1.54, 1.807) is 32.4 Å². The van der Waals surface area contributed by atoms with E-state index in [0.717, 1.165) is 5.56 Å². The Labute approximate surface area is 139 Å². The number of anilines is 2. The molecule has 3 aromatic rings. The van der Waals surface area contributed by atoms with Gasteiger partial charge in [-0.1, -0.05) is 30.3 Å². The molecule has 3 rings (SSSR count). The summed E-state index contributed by atoms with van der Waals surface area (Å²) >= 11 is 0. The largest absolute Gasteiger partial charge is 0.497 e. The molecule has 2 aromatic carbocycles. The first-order chi connectivity index (χ1) is 11.7. The number of aromatic amines is 1. The standard InChI is InChI=1S/C18H17N3O3/c1-23-13-8-9-16(24-2)15(10-13)20-18-19-14(11-17(22)21-18)12-6-4-3-5-7-12/h3-11H,1-2H3,(H2,19,20,21,22). The van der Waals surface area contributed by atoms with Crippen LogP contribution in [0.2, 0.25) is 0 Å². The second-order valence-corrected chi connectivity index (χ2v) is 5.04. The Bertz CT molecular complexity index is 892. The van der Waals surface area contributed by atoms with Gasteiger partial charge in [-0.15, -0.1) is 0 Å². The number of ether oxygens (including phenoxy) is 2. The summed E-state index contributed by atoms with van der Waals surface area (Å²) in [4.78, 5) is 19.1. The molecule has 0 amide bonds. The van der Waals surface area contributed by atoms with Crippen LogP contribution in [0, 0.1) is 0 Å². The molecule has 0 fully saturated rings. The number of hydrogen-bond acceptors (Lipinski definition) is 5. The van der Waals surface area contributed by atoms with Crippen molar-refractivity contribution in [2.24, 2.45) is 0 Å². The van der Waals surface area contributed by atoms with E-state index in [1.165, 1.54) is 6.07 Å². The van der Waals surface area contributed by atoms with Crippen LogP contribution in [0.1, 0.15) is 0 Å². The van der Waals surface area contributed by atoms with Gasteiger partial charge >= 0.3 is 0 Å². The Morgan fingerprint density at radius 2 is 1.79 bits per heavy atom. The number of benzene rings is 2. The summed E-state index contributed by atoms with van der Waals surface area (Å²) in [6.45, 7) is 0. The lowest BCUT2D eigenvalue weighted by molar-refractivity contribution is 0.405. The molecule has 0 saturated heterocycles. The molecule has 0 saturated carbocycles. The number of H-pyrrole nitrogens is 1. The first-order valence-corrected chi connectivity index (χ1v) is 7.35. The number of methoxy groups -OCH3 is 2. The Hall–Kier alpha value is -3.28. The van der Waals surface area contributed by atoms with Gasteiger partial charge in [-0.3, -0.25) is 9.78 Å². The minimum atomic E-state index is -0.242. The van der Waals surface area contributed by atoms with Gasteiger partial charge in [0.1, 0.15) is 11.5 Å². The molecule has 2 N–H and O–H groups in total. The van der Waals surface area contributed by atoms with Crippen molar-refractivity contribution in [1.82, 2.24) is 9.97 Å².